The van der Waals surface area contributed by atoms with Crippen LogP contribution < -0.4 is 0 Å². The fourth-order valence-electron chi connectivity index (χ4n) is 5.13. The Labute approximate surface area is 218 Å². The van der Waals surface area contributed by atoms with Crippen molar-refractivity contribution in [2.45, 2.75) is 52.1 Å². The number of phenols is 1. The minimum absolute atomic E-state index is 0.0662. The third kappa shape index (κ3) is 5.74. The topological polar surface area (TPSA) is 113 Å². The Morgan fingerprint density at radius 3 is 2.32 bits per heavy atom. The number of carbonyl (C=O) groups is 3. The number of benzene rings is 2. The van der Waals surface area contributed by atoms with Crippen LogP contribution in [-0.4, -0.2) is 49.1 Å². The third-order valence-electron chi connectivity index (χ3n) is 7.11. The summed E-state index contributed by atoms with van der Waals surface area (Å²) in [4.78, 5) is 39.4. The second kappa shape index (κ2) is 11.1. The highest BCUT2D eigenvalue weighted by molar-refractivity contribution is 6.04. The molecule has 0 aliphatic heterocycles. The predicted octanol–water partition coefficient (Wildman–Crippen LogP) is 4.82. The molecule has 3 aromatic rings. The summed E-state index contributed by atoms with van der Waals surface area (Å²) >= 11 is 0. The summed E-state index contributed by atoms with van der Waals surface area (Å²) in [6.45, 7) is 2.69. The van der Waals surface area contributed by atoms with Crippen LogP contribution in [0.5, 0.6) is 5.75 Å². The molecule has 2 aromatic carbocycles. The van der Waals surface area contributed by atoms with Crippen LogP contribution in [-0.2, 0) is 11.3 Å². The number of carboxylic acid groups (broad SMARTS) is 1. The van der Waals surface area contributed by atoms with Crippen molar-refractivity contribution >= 4 is 17.7 Å². The van der Waals surface area contributed by atoms with Gasteiger partial charge in [0.2, 0.25) is 0 Å². The van der Waals surface area contributed by atoms with Crippen molar-refractivity contribution in [2.24, 2.45) is 5.92 Å². The molecular formula is C28H29F2N3O5. The van der Waals surface area contributed by atoms with Gasteiger partial charge in [-0.2, -0.15) is 5.10 Å². The maximum Gasteiger partial charge on any atom is 0.306 e. The van der Waals surface area contributed by atoms with Crippen molar-refractivity contribution in [3.63, 3.8) is 0 Å². The van der Waals surface area contributed by atoms with Crippen molar-refractivity contribution in [2.75, 3.05) is 6.54 Å². The van der Waals surface area contributed by atoms with E-state index in [1.165, 1.54) is 17.2 Å². The Morgan fingerprint density at radius 2 is 1.71 bits per heavy atom. The molecule has 1 aliphatic carbocycles. The van der Waals surface area contributed by atoms with Crippen LogP contribution in [0.25, 0.3) is 0 Å². The third-order valence-corrected chi connectivity index (χ3v) is 7.11. The van der Waals surface area contributed by atoms with Gasteiger partial charge < -0.3 is 15.1 Å². The number of amides is 1. The van der Waals surface area contributed by atoms with E-state index in [-0.39, 0.29) is 35.0 Å². The number of phenolic OH excluding ortho intramolecular Hbond substituents is 1. The second-order valence-electron chi connectivity index (χ2n) is 9.76. The normalized spacial score (nSPS) is 17.3. The molecule has 10 heteroatoms. The van der Waals surface area contributed by atoms with Crippen molar-refractivity contribution in [3.05, 3.63) is 82.2 Å². The summed E-state index contributed by atoms with van der Waals surface area (Å²) in [6.07, 6.45) is 3.62. The van der Waals surface area contributed by atoms with Gasteiger partial charge in [-0.1, -0.05) is 12.1 Å². The average molecular weight is 526 g/mol. The number of aryl methyl sites for hydroxylation is 1. The van der Waals surface area contributed by atoms with Crippen molar-refractivity contribution in [1.82, 2.24) is 14.7 Å². The fraction of sp³-hybridized carbons (Fsp3) is 0.357. The standard InChI is InChI=1S/C28H29F2N3O5/c1-16-4-3-5-24(34)26(16)25(35)15-32(14-18-10-20(29)12-21(30)11-18)27(36)23-13-31-33(17(23)2)22-8-6-19(7-9-22)28(37)38/h3-5,10-13,19,22,34H,6-9,14-15H2,1-2H3,(H,37,38). The van der Waals surface area contributed by atoms with E-state index >= 15 is 0 Å². The van der Waals surface area contributed by atoms with Gasteiger partial charge >= 0.3 is 5.97 Å². The maximum atomic E-state index is 13.9. The number of carboxylic acids is 1. The lowest BCUT2D eigenvalue weighted by atomic mass is 9.86. The molecule has 1 saturated carbocycles. The van der Waals surface area contributed by atoms with Crippen LogP contribution in [0, 0.1) is 31.4 Å². The zero-order chi connectivity index (χ0) is 27.6. The number of nitrogens with zero attached hydrogens (tertiary/aromatic N) is 3. The van der Waals surface area contributed by atoms with Gasteiger partial charge in [0.25, 0.3) is 5.91 Å². The van der Waals surface area contributed by atoms with Crippen LogP contribution in [0.1, 0.15) is 69.3 Å². The lowest BCUT2D eigenvalue weighted by Gasteiger charge is -2.27. The molecule has 1 aromatic heterocycles. The molecule has 0 bridgehead atoms. The number of halogens is 2. The Balaban J connectivity index is 1.62. The largest absolute Gasteiger partial charge is 0.507 e. The van der Waals surface area contributed by atoms with Gasteiger partial charge in [0.05, 0.1) is 35.8 Å². The molecule has 0 saturated heterocycles. The van der Waals surface area contributed by atoms with Crippen molar-refractivity contribution in [1.29, 1.82) is 0 Å². The molecule has 1 amide bonds. The number of ketones is 1. The Hall–Kier alpha value is -4.08. The first-order chi connectivity index (χ1) is 18.0. The molecule has 0 radical (unpaired) electrons. The highest BCUT2D eigenvalue weighted by atomic mass is 19.1. The average Bonchev–Trinajstić information content (AvgIpc) is 3.23. The SMILES string of the molecule is Cc1cccc(O)c1C(=O)CN(Cc1cc(F)cc(F)c1)C(=O)c1cnn(C2CCC(C(=O)O)CC2)c1C. The molecular weight excluding hydrogens is 496 g/mol. The van der Waals surface area contributed by atoms with E-state index in [2.05, 4.69) is 5.10 Å². The van der Waals surface area contributed by atoms with Gasteiger partial charge in [0.1, 0.15) is 17.4 Å². The van der Waals surface area contributed by atoms with Gasteiger partial charge in [-0.15, -0.1) is 0 Å². The molecule has 38 heavy (non-hydrogen) atoms. The summed E-state index contributed by atoms with van der Waals surface area (Å²) in [5.74, 6) is -4.13. The van der Waals surface area contributed by atoms with Gasteiger partial charge in [-0.25, -0.2) is 8.78 Å². The van der Waals surface area contributed by atoms with Crippen LogP contribution in [0.3, 0.4) is 0 Å². The van der Waals surface area contributed by atoms with E-state index in [9.17, 15) is 33.4 Å². The highest BCUT2D eigenvalue weighted by Gasteiger charge is 2.30. The molecule has 0 spiro atoms. The fourth-order valence-corrected chi connectivity index (χ4v) is 5.13. The minimum Gasteiger partial charge on any atom is -0.507 e. The number of aromatic nitrogens is 2. The number of rotatable bonds is 8. The molecule has 2 N–H and O–H groups in total. The zero-order valence-electron chi connectivity index (χ0n) is 21.2. The Kier molecular flexibility index (Phi) is 7.89. The van der Waals surface area contributed by atoms with Crippen LogP contribution in [0.2, 0.25) is 0 Å². The van der Waals surface area contributed by atoms with E-state index in [4.69, 9.17) is 0 Å². The predicted molar refractivity (Wildman–Crippen MR) is 134 cm³/mol. The van der Waals surface area contributed by atoms with E-state index in [0.29, 0.717) is 36.9 Å². The quantitative estimate of drug-likeness (QED) is 0.408. The molecule has 1 fully saturated rings. The molecule has 0 atom stereocenters. The molecule has 0 unspecified atom stereocenters. The first kappa shape index (κ1) is 27.0. The van der Waals surface area contributed by atoms with E-state index in [0.717, 1.165) is 18.2 Å². The minimum atomic E-state index is -0.815. The number of hydrogen-bond acceptors (Lipinski definition) is 5. The molecule has 1 aliphatic rings. The summed E-state index contributed by atoms with van der Waals surface area (Å²) in [6, 6.07) is 7.48. The van der Waals surface area contributed by atoms with Crippen LogP contribution >= 0.6 is 0 Å². The summed E-state index contributed by atoms with van der Waals surface area (Å²) < 4.78 is 29.5. The lowest BCUT2D eigenvalue weighted by molar-refractivity contribution is -0.143. The monoisotopic (exact) mass is 525 g/mol. The zero-order valence-corrected chi connectivity index (χ0v) is 21.2. The number of aliphatic carboxylic acids is 1. The Bertz CT molecular complexity index is 1340. The van der Waals surface area contributed by atoms with Gasteiger partial charge in [-0.3, -0.25) is 19.1 Å². The smallest absolute Gasteiger partial charge is 0.306 e. The first-order valence-corrected chi connectivity index (χ1v) is 12.4. The van der Waals surface area contributed by atoms with E-state index < -0.39 is 41.8 Å². The molecule has 8 nitrogen and oxygen atoms in total. The van der Waals surface area contributed by atoms with E-state index in [1.54, 1.807) is 30.7 Å². The second-order valence-corrected chi connectivity index (χ2v) is 9.76. The number of Topliss-reactive ketones (excluding diaryl/α,β-unsaturated/α-hetero) is 1. The Morgan fingerprint density at radius 1 is 1.05 bits per heavy atom. The van der Waals surface area contributed by atoms with Gasteiger partial charge in [0, 0.05) is 18.3 Å². The van der Waals surface area contributed by atoms with Crippen molar-refractivity contribution < 1.29 is 33.4 Å². The summed E-state index contributed by atoms with van der Waals surface area (Å²) in [5.41, 5.74) is 1.53. The summed E-state index contributed by atoms with van der Waals surface area (Å²) in [7, 11) is 0. The highest BCUT2D eigenvalue weighted by Crippen LogP contribution is 2.33. The van der Waals surface area contributed by atoms with Crippen molar-refractivity contribution in [3.8, 4) is 5.75 Å². The molecule has 200 valence electrons. The summed E-state index contributed by atoms with van der Waals surface area (Å²) in [5, 5.41) is 23.9. The van der Waals surface area contributed by atoms with E-state index in [1.807, 2.05) is 0 Å². The van der Waals surface area contributed by atoms with Gasteiger partial charge in [0.15, 0.2) is 5.78 Å². The van der Waals surface area contributed by atoms with Crippen LogP contribution in [0.4, 0.5) is 8.78 Å². The number of aromatic hydroxyl groups is 1. The number of carbonyl (C=O) groups excluding carboxylic acids is 2. The van der Waals surface area contributed by atoms with Gasteiger partial charge in [-0.05, 0) is 68.9 Å². The first-order valence-electron chi connectivity index (χ1n) is 12.4. The lowest BCUT2D eigenvalue weighted by Crippen LogP contribution is -2.36. The number of hydrogen-bond donors (Lipinski definition) is 2. The molecule has 1 heterocycles. The molecule has 4 rings (SSSR count). The van der Waals surface area contributed by atoms with Crippen LogP contribution in [0.15, 0.2) is 42.6 Å². The maximum absolute atomic E-state index is 13.9.